The molecule has 154 valence electrons. The van der Waals surface area contributed by atoms with Crippen molar-refractivity contribution in [3.63, 3.8) is 0 Å². The summed E-state index contributed by atoms with van der Waals surface area (Å²) in [5, 5.41) is 7.07. The highest BCUT2D eigenvalue weighted by Crippen LogP contribution is 2.22. The zero-order valence-corrected chi connectivity index (χ0v) is 18.2. The van der Waals surface area contributed by atoms with Crippen LogP contribution in [0.4, 0.5) is 0 Å². The van der Waals surface area contributed by atoms with Crippen molar-refractivity contribution in [2.75, 3.05) is 20.3 Å². The predicted octanol–water partition coefficient (Wildman–Crippen LogP) is 3.79. The molecule has 0 spiro atoms. The second-order valence-corrected chi connectivity index (χ2v) is 7.00. The zero-order valence-electron chi connectivity index (χ0n) is 16.7. The summed E-state index contributed by atoms with van der Waals surface area (Å²) in [6.45, 7) is 7.19. The van der Waals surface area contributed by atoms with Gasteiger partial charge in [-0.25, -0.2) is 0 Å². The standard InChI is InChI=1S/C20H28Cl2N4O2/c1-5-13(2)19(25-12-15-6-7-16(21)17(22)10-15)26-20(27)18(23)14(3)11-24-8-9-28-4/h6-7,10-11,25H,5,8-9,12,23H2,1-4H3,(H,26,27)/b18-14-,19-13?,24-11?. The number of carbonyl (C=O) groups is 1. The van der Waals surface area contributed by atoms with Gasteiger partial charge in [0.15, 0.2) is 0 Å². The van der Waals surface area contributed by atoms with Gasteiger partial charge in [-0.3, -0.25) is 9.79 Å². The highest BCUT2D eigenvalue weighted by molar-refractivity contribution is 6.42. The molecule has 0 aliphatic rings. The van der Waals surface area contributed by atoms with Crippen molar-refractivity contribution >= 4 is 35.3 Å². The van der Waals surface area contributed by atoms with E-state index in [1.807, 2.05) is 19.9 Å². The lowest BCUT2D eigenvalue weighted by Crippen LogP contribution is -2.35. The molecular weight excluding hydrogens is 399 g/mol. The molecule has 0 saturated carbocycles. The molecule has 0 aliphatic heterocycles. The molecule has 1 rings (SSSR count). The Balaban J connectivity index is 2.84. The van der Waals surface area contributed by atoms with Crippen molar-refractivity contribution in [3.8, 4) is 0 Å². The molecule has 0 aliphatic carbocycles. The number of methoxy groups -OCH3 is 1. The SMILES string of the molecule is CCC(C)=C(NCc1ccc(Cl)c(Cl)c1)NC(=O)/C(N)=C(\C)C=NCCOC. The third-order valence-electron chi connectivity index (χ3n) is 4.03. The largest absolute Gasteiger partial charge is 0.394 e. The van der Waals surface area contributed by atoms with Crippen LogP contribution >= 0.6 is 23.2 Å². The number of nitrogens with zero attached hydrogens (tertiary/aromatic N) is 1. The number of benzene rings is 1. The Labute approximate surface area is 176 Å². The molecule has 0 bridgehead atoms. The van der Waals surface area contributed by atoms with Crippen molar-refractivity contribution in [2.24, 2.45) is 10.7 Å². The number of rotatable bonds is 10. The van der Waals surface area contributed by atoms with E-state index in [-0.39, 0.29) is 11.6 Å². The Bertz CT molecular complexity index is 773. The van der Waals surface area contributed by atoms with Gasteiger partial charge in [-0.05, 0) is 49.1 Å². The van der Waals surface area contributed by atoms with E-state index in [4.69, 9.17) is 33.7 Å². The van der Waals surface area contributed by atoms with Crippen LogP contribution in [0, 0.1) is 0 Å². The molecule has 0 atom stereocenters. The molecule has 1 aromatic rings. The maximum Gasteiger partial charge on any atom is 0.272 e. The fourth-order valence-electron chi connectivity index (χ4n) is 2.09. The Morgan fingerprint density at radius 3 is 2.61 bits per heavy atom. The summed E-state index contributed by atoms with van der Waals surface area (Å²) >= 11 is 12.0. The van der Waals surface area contributed by atoms with Crippen LogP contribution < -0.4 is 16.4 Å². The average Bonchev–Trinajstić information content (AvgIpc) is 2.69. The second kappa shape index (κ2) is 12.4. The van der Waals surface area contributed by atoms with E-state index in [2.05, 4.69) is 15.6 Å². The number of aliphatic imine (C=N–C) groups is 1. The van der Waals surface area contributed by atoms with Crippen LogP contribution in [-0.4, -0.2) is 32.4 Å². The molecule has 1 aromatic carbocycles. The second-order valence-electron chi connectivity index (χ2n) is 6.19. The van der Waals surface area contributed by atoms with Crippen LogP contribution in [0.25, 0.3) is 0 Å². The quantitative estimate of drug-likeness (QED) is 0.301. The number of allylic oxidation sites excluding steroid dienone is 2. The van der Waals surface area contributed by atoms with Crippen LogP contribution in [0.3, 0.4) is 0 Å². The smallest absolute Gasteiger partial charge is 0.272 e. The average molecular weight is 427 g/mol. The van der Waals surface area contributed by atoms with Gasteiger partial charge in [0.2, 0.25) is 0 Å². The molecule has 0 unspecified atom stereocenters. The van der Waals surface area contributed by atoms with Gasteiger partial charge in [0.1, 0.15) is 11.5 Å². The number of ether oxygens (including phenoxy) is 1. The summed E-state index contributed by atoms with van der Waals surface area (Å²) in [5.41, 5.74) is 8.60. The first-order chi connectivity index (χ1) is 13.3. The predicted molar refractivity (Wildman–Crippen MR) is 117 cm³/mol. The highest BCUT2D eigenvalue weighted by Gasteiger charge is 2.12. The van der Waals surface area contributed by atoms with Gasteiger partial charge in [0.25, 0.3) is 5.91 Å². The van der Waals surface area contributed by atoms with Gasteiger partial charge in [0, 0.05) is 19.9 Å². The van der Waals surface area contributed by atoms with Gasteiger partial charge in [0.05, 0.1) is 23.2 Å². The molecule has 0 saturated heterocycles. The van der Waals surface area contributed by atoms with Crippen molar-refractivity contribution in [2.45, 2.75) is 33.7 Å². The summed E-state index contributed by atoms with van der Waals surface area (Å²) in [6.07, 6.45) is 2.35. The summed E-state index contributed by atoms with van der Waals surface area (Å²) in [4.78, 5) is 16.7. The lowest BCUT2D eigenvalue weighted by atomic mass is 10.2. The fourth-order valence-corrected chi connectivity index (χ4v) is 2.41. The molecule has 6 nitrogen and oxygen atoms in total. The van der Waals surface area contributed by atoms with Crippen molar-refractivity contribution in [1.82, 2.24) is 10.6 Å². The number of hydrogen-bond acceptors (Lipinski definition) is 5. The first-order valence-corrected chi connectivity index (χ1v) is 9.69. The highest BCUT2D eigenvalue weighted by atomic mass is 35.5. The van der Waals surface area contributed by atoms with E-state index < -0.39 is 0 Å². The number of carbonyl (C=O) groups excluding carboxylic acids is 1. The summed E-state index contributed by atoms with van der Waals surface area (Å²) in [6, 6.07) is 5.39. The summed E-state index contributed by atoms with van der Waals surface area (Å²) in [7, 11) is 1.61. The van der Waals surface area contributed by atoms with Gasteiger partial charge < -0.3 is 21.1 Å². The Morgan fingerprint density at radius 1 is 1.29 bits per heavy atom. The number of hydrogen-bond donors (Lipinski definition) is 3. The van der Waals surface area contributed by atoms with Gasteiger partial charge in [-0.15, -0.1) is 0 Å². The lowest BCUT2D eigenvalue weighted by molar-refractivity contribution is -0.117. The monoisotopic (exact) mass is 426 g/mol. The molecule has 0 radical (unpaired) electrons. The first kappa shape index (κ1) is 24.0. The molecule has 0 fully saturated rings. The van der Waals surface area contributed by atoms with Crippen molar-refractivity contribution < 1.29 is 9.53 Å². The Morgan fingerprint density at radius 2 is 2.00 bits per heavy atom. The Kier molecular flexibility index (Phi) is 10.7. The van der Waals surface area contributed by atoms with E-state index >= 15 is 0 Å². The third-order valence-corrected chi connectivity index (χ3v) is 4.77. The van der Waals surface area contributed by atoms with Gasteiger partial charge in [-0.1, -0.05) is 36.2 Å². The van der Waals surface area contributed by atoms with E-state index in [9.17, 15) is 4.79 Å². The maximum absolute atomic E-state index is 12.5. The molecule has 1 amide bonds. The first-order valence-electron chi connectivity index (χ1n) is 8.94. The minimum Gasteiger partial charge on any atom is -0.394 e. The van der Waals surface area contributed by atoms with Crippen molar-refractivity contribution in [3.05, 3.63) is 56.5 Å². The van der Waals surface area contributed by atoms with Crippen LogP contribution in [0.2, 0.25) is 10.0 Å². The van der Waals surface area contributed by atoms with E-state index in [0.717, 1.165) is 17.6 Å². The lowest BCUT2D eigenvalue weighted by Gasteiger charge is -2.16. The number of halogens is 2. The van der Waals surface area contributed by atoms with E-state index in [1.54, 1.807) is 32.4 Å². The number of amides is 1. The summed E-state index contributed by atoms with van der Waals surface area (Å²) in [5.74, 6) is 0.228. The normalized spacial score (nSPS) is 13.2. The van der Waals surface area contributed by atoms with Gasteiger partial charge in [-0.2, -0.15) is 0 Å². The maximum atomic E-state index is 12.5. The molecule has 0 heterocycles. The molecule has 28 heavy (non-hydrogen) atoms. The van der Waals surface area contributed by atoms with E-state index in [0.29, 0.717) is 41.1 Å². The fraction of sp³-hybridized carbons (Fsp3) is 0.400. The van der Waals surface area contributed by atoms with Gasteiger partial charge >= 0.3 is 0 Å². The van der Waals surface area contributed by atoms with Crippen molar-refractivity contribution in [1.29, 1.82) is 0 Å². The van der Waals surface area contributed by atoms with Crippen LogP contribution in [0.1, 0.15) is 32.8 Å². The topological polar surface area (TPSA) is 88.7 Å². The molecule has 4 N–H and O–H groups in total. The zero-order chi connectivity index (χ0) is 21.1. The number of nitrogens with one attached hydrogen (secondary N) is 2. The van der Waals surface area contributed by atoms with Crippen LogP contribution in [0.5, 0.6) is 0 Å². The minimum absolute atomic E-state index is 0.110. The minimum atomic E-state index is -0.389. The van der Waals surface area contributed by atoms with Crippen LogP contribution in [0.15, 0.2) is 45.9 Å². The Hall–Kier alpha value is -2.02. The van der Waals surface area contributed by atoms with Crippen LogP contribution in [-0.2, 0) is 16.1 Å². The molecule has 0 aromatic heterocycles. The number of nitrogens with two attached hydrogens (primary N) is 1. The molecule has 8 heteroatoms. The third kappa shape index (κ3) is 7.92. The summed E-state index contributed by atoms with van der Waals surface area (Å²) < 4.78 is 4.93. The van der Waals surface area contributed by atoms with E-state index in [1.165, 1.54) is 0 Å². The molecular formula is C20H28Cl2N4O2.